The van der Waals surface area contributed by atoms with E-state index in [2.05, 4.69) is 0 Å². The van der Waals surface area contributed by atoms with Crippen LogP contribution in [0.15, 0.2) is 23.1 Å². The van der Waals surface area contributed by atoms with Crippen LogP contribution in [0.25, 0.3) is 6.08 Å². The molecule has 0 saturated carbocycles. The number of ether oxygens (including phenoxy) is 3. The van der Waals surface area contributed by atoms with Crippen molar-refractivity contribution in [1.29, 1.82) is 0 Å². The molecule has 10 heteroatoms. The number of carboxylic acids is 1. The molecule has 1 aliphatic rings. The zero-order valence-corrected chi connectivity index (χ0v) is 16.5. The first-order valence-electron chi connectivity index (χ1n) is 8.06. The Kier molecular flexibility index (Phi) is 6.34. The van der Waals surface area contributed by atoms with Gasteiger partial charge in [-0.3, -0.25) is 19.3 Å². The van der Waals surface area contributed by atoms with E-state index in [4.69, 9.17) is 19.3 Å². The number of carboxylic acid groups (broad SMARTS) is 1. The largest absolute Gasteiger partial charge is 0.514 e. The summed E-state index contributed by atoms with van der Waals surface area (Å²) in [6.07, 6.45) is 0.528. The third-order valence-corrected chi connectivity index (χ3v) is 4.14. The second-order valence-corrected chi connectivity index (χ2v) is 7.63. The Morgan fingerprint density at radius 3 is 2.46 bits per heavy atom. The molecule has 2 amide bonds. The van der Waals surface area contributed by atoms with Crippen molar-refractivity contribution >= 4 is 41.1 Å². The highest BCUT2D eigenvalue weighted by Crippen LogP contribution is 2.34. The van der Waals surface area contributed by atoms with Gasteiger partial charge < -0.3 is 19.3 Å². The maximum absolute atomic E-state index is 12.2. The molecule has 28 heavy (non-hydrogen) atoms. The van der Waals surface area contributed by atoms with Gasteiger partial charge in [0.05, 0.1) is 12.0 Å². The first-order chi connectivity index (χ1) is 13.0. The Morgan fingerprint density at radius 1 is 1.21 bits per heavy atom. The maximum Gasteiger partial charge on any atom is 0.514 e. The first-order valence-corrected chi connectivity index (χ1v) is 8.88. The van der Waals surface area contributed by atoms with E-state index in [0.717, 1.165) is 0 Å². The van der Waals surface area contributed by atoms with Crippen LogP contribution < -0.4 is 9.47 Å². The maximum atomic E-state index is 12.2. The third kappa shape index (κ3) is 5.49. The zero-order chi connectivity index (χ0) is 21.1. The Bertz CT molecular complexity index is 856. The number of rotatable bonds is 5. The van der Waals surface area contributed by atoms with Gasteiger partial charge in [-0.25, -0.2) is 4.79 Å². The highest BCUT2D eigenvalue weighted by atomic mass is 32.2. The van der Waals surface area contributed by atoms with Gasteiger partial charge in [-0.1, -0.05) is 6.07 Å². The van der Waals surface area contributed by atoms with Crippen LogP contribution in [0, 0.1) is 0 Å². The number of thioether (sulfide) groups is 1. The third-order valence-electron chi connectivity index (χ3n) is 3.24. The van der Waals surface area contributed by atoms with Gasteiger partial charge in [-0.2, -0.15) is 0 Å². The molecule has 1 aliphatic heterocycles. The molecule has 0 radical (unpaired) electrons. The molecule has 1 N–H and O–H groups in total. The Hall–Kier alpha value is -3.01. The van der Waals surface area contributed by atoms with E-state index in [-0.39, 0.29) is 16.4 Å². The molecule has 0 bridgehead atoms. The summed E-state index contributed by atoms with van der Waals surface area (Å²) < 4.78 is 15.4. The molecule has 150 valence electrons. The van der Waals surface area contributed by atoms with Gasteiger partial charge in [-0.05, 0) is 56.3 Å². The van der Waals surface area contributed by atoms with Gasteiger partial charge in [-0.15, -0.1) is 0 Å². The SMILES string of the molecule is COc1cc(/C=C2\SC(=O)N(CC(=O)O)C2=O)ccc1OC(=O)OC(C)(C)C. The number of methoxy groups -OCH3 is 1. The summed E-state index contributed by atoms with van der Waals surface area (Å²) >= 11 is 0.642. The zero-order valence-electron chi connectivity index (χ0n) is 15.7. The highest BCUT2D eigenvalue weighted by molar-refractivity contribution is 8.18. The lowest BCUT2D eigenvalue weighted by atomic mass is 10.2. The fourth-order valence-electron chi connectivity index (χ4n) is 2.14. The Labute approximate surface area is 165 Å². The van der Waals surface area contributed by atoms with E-state index in [1.807, 2.05) is 0 Å². The Morgan fingerprint density at radius 2 is 1.89 bits per heavy atom. The van der Waals surface area contributed by atoms with Gasteiger partial charge in [0, 0.05) is 0 Å². The molecule has 0 spiro atoms. The molecule has 0 unspecified atom stereocenters. The second-order valence-electron chi connectivity index (χ2n) is 6.64. The van der Waals surface area contributed by atoms with Gasteiger partial charge in [0.1, 0.15) is 12.1 Å². The Balaban J connectivity index is 2.21. The number of imide groups is 1. The van der Waals surface area contributed by atoms with Crippen LogP contribution >= 0.6 is 11.8 Å². The van der Waals surface area contributed by atoms with E-state index < -0.39 is 35.4 Å². The predicted octanol–water partition coefficient (Wildman–Crippen LogP) is 3.13. The van der Waals surface area contributed by atoms with Crippen LogP contribution in [-0.4, -0.2) is 52.5 Å². The van der Waals surface area contributed by atoms with Crippen molar-refractivity contribution in [3.8, 4) is 11.5 Å². The molecule has 9 nitrogen and oxygen atoms in total. The van der Waals surface area contributed by atoms with Crippen molar-refractivity contribution in [3.05, 3.63) is 28.7 Å². The lowest BCUT2D eigenvalue weighted by molar-refractivity contribution is -0.140. The summed E-state index contributed by atoms with van der Waals surface area (Å²) in [5, 5.41) is 8.13. The van der Waals surface area contributed by atoms with Gasteiger partial charge in [0.2, 0.25) is 0 Å². The van der Waals surface area contributed by atoms with Crippen molar-refractivity contribution < 1.29 is 38.5 Å². The number of benzene rings is 1. The number of hydrogen-bond donors (Lipinski definition) is 1. The summed E-state index contributed by atoms with van der Waals surface area (Å²) in [6.45, 7) is 4.40. The van der Waals surface area contributed by atoms with Crippen LogP contribution in [-0.2, 0) is 14.3 Å². The molecule has 1 heterocycles. The summed E-state index contributed by atoms with van der Waals surface area (Å²) in [6, 6.07) is 4.51. The number of aliphatic carboxylic acids is 1. The minimum atomic E-state index is -1.28. The molecule has 2 rings (SSSR count). The number of carbonyl (C=O) groups excluding carboxylic acids is 3. The monoisotopic (exact) mass is 409 g/mol. The van der Waals surface area contributed by atoms with Crippen molar-refractivity contribution in [3.63, 3.8) is 0 Å². The van der Waals surface area contributed by atoms with E-state index in [0.29, 0.717) is 22.2 Å². The first kappa shape index (κ1) is 21.3. The highest BCUT2D eigenvalue weighted by Gasteiger charge is 2.36. The van der Waals surface area contributed by atoms with Crippen LogP contribution in [0.3, 0.4) is 0 Å². The molecular formula is C18H19NO8S. The normalized spacial score (nSPS) is 15.7. The quantitative estimate of drug-likeness (QED) is 0.444. The van der Waals surface area contributed by atoms with Crippen LogP contribution in [0.1, 0.15) is 26.3 Å². The minimum Gasteiger partial charge on any atom is -0.493 e. The number of hydrogen-bond acceptors (Lipinski definition) is 8. The van der Waals surface area contributed by atoms with Gasteiger partial charge >= 0.3 is 12.1 Å². The molecule has 1 aromatic carbocycles. The lowest BCUT2D eigenvalue weighted by Gasteiger charge is -2.19. The summed E-state index contributed by atoms with van der Waals surface area (Å²) in [5.41, 5.74) is -0.225. The van der Waals surface area contributed by atoms with E-state index in [9.17, 15) is 19.2 Å². The average molecular weight is 409 g/mol. The fraction of sp³-hybridized carbons (Fsp3) is 0.333. The average Bonchev–Trinajstić information content (AvgIpc) is 2.81. The molecule has 1 aromatic rings. The molecular weight excluding hydrogens is 390 g/mol. The minimum absolute atomic E-state index is 0.0779. The standard InChI is InChI=1S/C18H19NO8S/c1-18(2,3)27-17(24)26-11-6-5-10(7-12(11)25-4)8-13-15(22)19(9-14(20)21)16(23)28-13/h5-8H,9H2,1-4H3,(H,20,21)/b13-8-. The number of carbonyl (C=O) groups is 4. The predicted molar refractivity (Wildman–Crippen MR) is 100 cm³/mol. The lowest BCUT2D eigenvalue weighted by Crippen LogP contribution is -2.33. The summed E-state index contributed by atoms with van der Waals surface area (Å²) in [7, 11) is 1.38. The van der Waals surface area contributed by atoms with E-state index in [1.165, 1.54) is 25.3 Å². The van der Waals surface area contributed by atoms with E-state index in [1.54, 1.807) is 26.8 Å². The van der Waals surface area contributed by atoms with Crippen molar-refractivity contribution in [1.82, 2.24) is 4.90 Å². The molecule has 1 saturated heterocycles. The van der Waals surface area contributed by atoms with Crippen LogP contribution in [0.4, 0.5) is 9.59 Å². The summed E-state index contributed by atoms with van der Waals surface area (Å²) in [4.78, 5) is 47.3. The van der Waals surface area contributed by atoms with Crippen LogP contribution in [0.2, 0.25) is 0 Å². The fourth-order valence-corrected chi connectivity index (χ4v) is 2.98. The molecule has 0 aliphatic carbocycles. The number of nitrogens with zero attached hydrogens (tertiary/aromatic N) is 1. The van der Waals surface area contributed by atoms with Crippen LogP contribution in [0.5, 0.6) is 11.5 Å². The van der Waals surface area contributed by atoms with Gasteiger partial charge in [0.15, 0.2) is 11.5 Å². The van der Waals surface area contributed by atoms with E-state index >= 15 is 0 Å². The topological polar surface area (TPSA) is 119 Å². The summed E-state index contributed by atoms with van der Waals surface area (Å²) in [5.74, 6) is -1.64. The van der Waals surface area contributed by atoms with Crippen molar-refractivity contribution in [2.24, 2.45) is 0 Å². The molecule has 0 aromatic heterocycles. The second kappa shape index (κ2) is 8.34. The van der Waals surface area contributed by atoms with Crippen molar-refractivity contribution in [2.45, 2.75) is 26.4 Å². The van der Waals surface area contributed by atoms with Crippen molar-refractivity contribution in [2.75, 3.05) is 13.7 Å². The molecule has 0 atom stereocenters. The molecule has 1 fully saturated rings. The smallest absolute Gasteiger partial charge is 0.493 e. The number of amides is 2. The van der Waals surface area contributed by atoms with Gasteiger partial charge in [0.25, 0.3) is 11.1 Å².